The number of hydrogen-bond donors (Lipinski definition) is 0. The Morgan fingerprint density at radius 1 is 0.542 bits per heavy atom. The van der Waals surface area contributed by atoms with Gasteiger partial charge in [0.25, 0.3) is 0 Å². The van der Waals surface area contributed by atoms with E-state index in [0.717, 1.165) is 0 Å². The molecule has 2 nitrogen and oxygen atoms in total. The lowest BCUT2D eigenvalue weighted by Crippen LogP contribution is -2.29. The number of unbranched alkanes of at least 4 members (excludes halogenated alkanes) is 13. The topological polar surface area (TPSA) is 6.48 Å². The van der Waals surface area contributed by atoms with Gasteiger partial charge in [-0.15, -0.1) is 0 Å². The zero-order valence-electron chi connectivity index (χ0n) is 17.0. The summed E-state index contributed by atoms with van der Waals surface area (Å²) in [6.45, 7) is 8.80. The normalized spacial score (nSPS) is 17.2. The van der Waals surface area contributed by atoms with Crippen molar-refractivity contribution in [2.24, 2.45) is 0 Å². The summed E-state index contributed by atoms with van der Waals surface area (Å²) in [5, 5.41) is 0. The zero-order chi connectivity index (χ0) is 17.3. The van der Waals surface area contributed by atoms with Gasteiger partial charge in [-0.1, -0.05) is 90.4 Å². The Labute approximate surface area is 153 Å². The van der Waals surface area contributed by atoms with Gasteiger partial charge >= 0.3 is 0 Å². The molecule has 0 bridgehead atoms. The Bertz CT molecular complexity index is 254. The van der Waals surface area contributed by atoms with Gasteiger partial charge in [0.1, 0.15) is 0 Å². The second-order valence-corrected chi connectivity index (χ2v) is 8.09. The summed E-state index contributed by atoms with van der Waals surface area (Å²) in [6, 6.07) is 0. The Hall–Kier alpha value is -0.0800. The molecule has 0 aliphatic carbocycles. The van der Waals surface area contributed by atoms with Crippen molar-refractivity contribution in [3.8, 4) is 0 Å². The number of likely N-dealkylation sites (N-methyl/N-ethyl adjacent to an activating group) is 1. The maximum atomic E-state index is 2.68. The van der Waals surface area contributed by atoms with Crippen molar-refractivity contribution >= 4 is 0 Å². The van der Waals surface area contributed by atoms with E-state index in [-0.39, 0.29) is 0 Å². The lowest BCUT2D eigenvalue weighted by Gasteiger charge is -2.19. The maximum absolute atomic E-state index is 2.68. The predicted octanol–water partition coefficient (Wildman–Crippen LogP) is 6.11. The van der Waals surface area contributed by atoms with Crippen LogP contribution in [0.2, 0.25) is 0 Å². The van der Waals surface area contributed by atoms with Crippen LogP contribution in [-0.2, 0) is 0 Å². The quantitative estimate of drug-likeness (QED) is 0.333. The van der Waals surface area contributed by atoms with Gasteiger partial charge in [0.2, 0.25) is 0 Å². The maximum Gasteiger partial charge on any atom is 0.0109 e. The fourth-order valence-electron chi connectivity index (χ4n) is 3.85. The minimum absolute atomic E-state index is 1.26. The number of nitrogens with zero attached hydrogens (tertiary/aromatic N) is 2. The van der Waals surface area contributed by atoms with Crippen LogP contribution in [0.5, 0.6) is 0 Å². The minimum atomic E-state index is 1.26. The van der Waals surface area contributed by atoms with E-state index in [9.17, 15) is 0 Å². The summed E-state index contributed by atoms with van der Waals surface area (Å²) in [5.74, 6) is 0. The summed E-state index contributed by atoms with van der Waals surface area (Å²) in [7, 11) is 2.26. The molecule has 0 amide bonds. The summed E-state index contributed by atoms with van der Waals surface area (Å²) in [6.07, 6.45) is 21.8. The van der Waals surface area contributed by atoms with Crippen molar-refractivity contribution < 1.29 is 0 Å². The summed E-state index contributed by atoms with van der Waals surface area (Å²) >= 11 is 0. The fraction of sp³-hybridized carbons (Fsp3) is 1.00. The molecule has 0 aromatic carbocycles. The average Bonchev–Trinajstić information content (AvgIpc) is 2.79. The first-order valence-electron chi connectivity index (χ1n) is 11.2. The highest BCUT2D eigenvalue weighted by Gasteiger charge is 2.10. The first-order valence-corrected chi connectivity index (χ1v) is 11.2. The van der Waals surface area contributed by atoms with Crippen LogP contribution in [0.3, 0.4) is 0 Å². The molecule has 0 N–H and O–H groups in total. The molecule has 0 aromatic heterocycles. The monoisotopic (exact) mass is 338 g/mol. The molecule has 0 spiro atoms. The third kappa shape index (κ3) is 13.2. The SMILES string of the molecule is CCCCCCCCCCCCCCCCN1CCCN(C)CC1. The van der Waals surface area contributed by atoms with E-state index in [4.69, 9.17) is 0 Å². The van der Waals surface area contributed by atoms with Gasteiger partial charge in [-0.05, 0) is 39.5 Å². The van der Waals surface area contributed by atoms with Gasteiger partial charge in [0.15, 0.2) is 0 Å². The van der Waals surface area contributed by atoms with Crippen LogP contribution in [0.1, 0.15) is 103 Å². The summed E-state index contributed by atoms with van der Waals surface area (Å²) in [4.78, 5) is 5.16. The van der Waals surface area contributed by atoms with Crippen LogP contribution < -0.4 is 0 Å². The van der Waals surface area contributed by atoms with E-state index < -0.39 is 0 Å². The van der Waals surface area contributed by atoms with Crippen molar-refractivity contribution in [1.29, 1.82) is 0 Å². The van der Waals surface area contributed by atoms with Crippen LogP contribution in [-0.4, -0.2) is 49.6 Å². The highest BCUT2D eigenvalue weighted by Crippen LogP contribution is 2.13. The molecule has 24 heavy (non-hydrogen) atoms. The molecular weight excluding hydrogens is 292 g/mol. The third-order valence-corrected chi connectivity index (χ3v) is 5.64. The van der Waals surface area contributed by atoms with E-state index in [1.807, 2.05) is 0 Å². The van der Waals surface area contributed by atoms with Crippen molar-refractivity contribution in [3.05, 3.63) is 0 Å². The molecule has 0 radical (unpaired) electrons. The third-order valence-electron chi connectivity index (χ3n) is 5.64. The van der Waals surface area contributed by atoms with Gasteiger partial charge in [0.05, 0.1) is 0 Å². The Balaban J connectivity index is 1.74. The summed E-state index contributed by atoms with van der Waals surface area (Å²) in [5.41, 5.74) is 0. The molecular formula is C22H46N2. The number of rotatable bonds is 15. The minimum Gasteiger partial charge on any atom is -0.305 e. The molecule has 1 rings (SSSR count). The lowest BCUT2D eigenvalue weighted by atomic mass is 10.0. The van der Waals surface area contributed by atoms with Crippen molar-refractivity contribution in [1.82, 2.24) is 9.80 Å². The molecule has 0 aromatic rings. The molecule has 2 heteroatoms. The van der Waals surface area contributed by atoms with Crippen LogP contribution in [0.15, 0.2) is 0 Å². The van der Waals surface area contributed by atoms with Gasteiger partial charge < -0.3 is 9.80 Å². The van der Waals surface area contributed by atoms with Gasteiger partial charge in [-0.25, -0.2) is 0 Å². The predicted molar refractivity (Wildman–Crippen MR) is 109 cm³/mol. The molecule has 1 heterocycles. The van der Waals surface area contributed by atoms with E-state index in [1.54, 1.807) is 0 Å². The fourth-order valence-corrected chi connectivity index (χ4v) is 3.85. The highest BCUT2D eigenvalue weighted by atomic mass is 15.2. The first kappa shape index (κ1) is 22.0. The molecule has 1 saturated heterocycles. The van der Waals surface area contributed by atoms with Crippen LogP contribution >= 0.6 is 0 Å². The van der Waals surface area contributed by atoms with E-state index >= 15 is 0 Å². The van der Waals surface area contributed by atoms with Crippen molar-refractivity contribution in [2.45, 2.75) is 103 Å². The van der Waals surface area contributed by atoms with Crippen LogP contribution in [0.4, 0.5) is 0 Å². The zero-order valence-corrected chi connectivity index (χ0v) is 17.0. The average molecular weight is 339 g/mol. The van der Waals surface area contributed by atoms with Crippen LogP contribution in [0.25, 0.3) is 0 Å². The van der Waals surface area contributed by atoms with Gasteiger partial charge in [-0.2, -0.15) is 0 Å². The van der Waals surface area contributed by atoms with E-state index in [1.165, 1.54) is 129 Å². The van der Waals surface area contributed by atoms with Crippen molar-refractivity contribution in [2.75, 3.05) is 39.8 Å². The molecule has 0 unspecified atom stereocenters. The largest absolute Gasteiger partial charge is 0.305 e. The highest BCUT2D eigenvalue weighted by molar-refractivity contribution is 4.67. The number of hydrogen-bond acceptors (Lipinski definition) is 2. The van der Waals surface area contributed by atoms with Crippen LogP contribution in [0, 0.1) is 0 Å². The molecule has 1 aliphatic rings. The Kier molecular flexibility index (Phi) is 15.0. The van der Waals surface area contributed by atoms with E-state index in [2.05, 4.69) is 23.8 Å². The Morgan fingerprint density at radius 2 is 1.04 bits per heavy atom. The van der Waals surface area contributed by atoms with Gasteiger partial charge in [-0.3, -0.25) is 0 Å². The molecule has 0 saturated carbocycles. The van der Waals surface area contributed by atoms with Gasteiger partial charge in [0, 0.05) is 13.1 Å². The van der Waals surface area contributed by atoms with E-state index in [0.29, 0.717) is 0 Å². The Morgan fingerprint density at radius 3 is 1.58 bits per heavy atom. The summed E-state index contributed by atoms with van der Waals surface area (Å²) < 4.78 is 0. The second-order valence-electron chi connectivity index (χ2n) is 8.09. The first-order chi connectivity index (χ1) is 11.8. The standard InChI is InChI=1S/C22H46N2/c1-3-4-5-6-7-8-9-10-11-12-13-14-15-16-19-24-20-17-18-23(2)21-22-24/h3-22H2,1-2H3. The molecule has 1 aliphatic heterocycles. The molecule has 1 fully saturated rings. The second kappa shape index (κ2) is 16.4. The smallest absolute Gasteiger partial charge is 0.0109 e. The lowest BCUT2D eigenvalue weighted by molar-refractivity contribution is 0.270. The van der Waals surface area contributed by atoms with Crippen molar-refractivity contribution in [3.63, 3.8) is 0 Å². The molecule has 0 atom stereocenters. The molecule has 144 valence electrons.